The second-order valence-electron chi connectivity index (χ2n) is 6.70. The van der Waals surface area contributed by atoms with Crippen molar-refractivity contribution in [2.45, 2.75) is 39.5 Å². The summed E-state index contributed by atoms with van der Waals surface area (Å²) in [4.78, 5) is 14.9. The summed E-state index contributed by atoms with van der Waals surface area (Å²) in [5.74, 6) is -0.570. The molecule has 1 heterocycles. The first-order chi connectivity index (χ1) is 12.6. The standard InChI is InChI=1S/C20H22N2O4S/c1-11-10-12(2)14(4)19(13(11)3)27(24,25)22-21-20(23)18-15(5)16-8-6-7-9-17(16)26-18/h6-10,22H,1-5H3,(H,21,23). The first-order valence-electron chi connectivity index (χ1n) is 8.51. The molecule has 2 aromatic carbocycles. The summed E-state index contributed by atoms with van der Waals surface area (Å²) in [5, 5.41) is 0.812. The molecule has 1 aromatic heterocycles. The van der Waals surface area contributed by atoms with E-state index in [1.165, 1.54) is 0 Å². The van der Waals surface area contributed by atoms with Crippen molar-refractivity contribution >= 4 is 26.9 Å². The molecule has 27 heavy (non-hydrogen) atoms. The molecule has 3 rings (SSSR count). The van der Waals surface area contributed by atoms with Gasteiger partial charge in [0, 0.05) is 10.9 Å². The summed E-state index contributed by atoms with van der Waals surface area (Å²) in [7, 11) is -3.94. The molecule has 0 atom stereocenters. The monoisotopic (exact) mass is 386 g/mol. The Morgan fingerprint density at radius 2 is 1.52 bits per heavy atom. The minimum absolute atomic E-state index is 0.0766. The van der Waals surface area contributed by atoms with Crippen molar-refractivity contribution in [2.75, 3.05) is 0 Å². The van der Waals surface area contributed by atoms with Crippen molar-refractivity contribution in [2.24, 2.45) is 0 Å². The first-order valence-corrected chi connectivity index (χ1v) is 9.99. The van der Waals surface area contributed by atoms with Crippen molar-refractivity contribution in [3.05, 3.63) is 63.9 Å². The van der Waals surface area contributed by atoms with E-state index in [4.69, 9.17) is 4.42 Å². The van der Waals surface area contributed by atoms with Gasteiger partial charge < -0.3 is 4.42 Å². The number of para-hydroxylation sites is 1. The van der Waals surface area contributed by atoms with Crippen LogP contribution in [0.2, 0.25) is 0 Å². The summed E-state index contributed by atoms with van der Waals surface area (Å²) in [6.07, 6.45) is 0. The number of nitrogens with one attached hydrogen (secondary N) is 2. The molecule has 0 aliphatic rings. The number of furan rings is 1. The van der Waals surface area contributed by atoms with Crippen molar-refractivity contribution in [1.29, 1.82) is 0 Å². The molecule has 0 radical (unpaired) electrons. The van der Waals surface area contributed by atoms with Crippen LogP contribution in [0.3, 0.4) is 0 Å². The SMILES string of the molecule is Cc1cc(C)c(C)c(S(=O)(=O)NNC(=O)c2oc3ccccc3c2C)c1C. The minimum atomic E-state index is -3.94. The highest BCUT2D eigenvalue weighted by atomic mass is 32.2. The highest BCUT2D eigenvalue weighted by Gasteiger charge is 2.24. The second kappa shape index (κ2) is 6.83. The molecule has 3 aromatic rings. The van der Waals surface area contributed by atoms with Gasteiger partial charge in [-0.05, 0) is 62.9 Å². The lowest BCUT2D eigenvalue weighted by atomic mass is 10.0. The fourth-order valence-electron chi connectivity index (χ4n) is 3.20. The summed E-state index contributed by atoms with van der Waals surface area (Å²) < 4.78 is 31.2. The van der Waals surface area contributed by atoms with E-state index in [-0.39, 0.29) is 10.7 Å². The Morgan fingerprint density at radius 1 is 0.926 bits per heavy atom. The molecule has 0 aliphatic heterocycles. The molecule has 6 nitrogen and oxygen atoms in total. The lowest BCUT2D eigenvalue weighted by Gasteiger charge is -2.16. The second-order valence-corrected chi connectivity index (χ2v) is 8.32. The van der Waals surface area contributed by atoms with Crippen LogP contribution >= 0.6 is 0 Å². The number of aryl methyl sites for hydroxylation is 3. The van der Waals surface area contributed by atoms with Gasteiger partial charge in [-0.15, -0.1) is 4.83 Å². The van der Waals surface area contributed by atoms with Crippen LogP contribution in [0.5, 0.6) is 0 Å². The van der Waals surface area contributed by atoms with Gasteiger partial charge in [0.25, 0.3) is 10.0 Å². The number of hydrazine groups is 1. The molecule has 1 amide bonds. The number of rotatable bonds is 4. The fourth-order valence-corrected chi connectivity index (χ4v) is 4.65. The fraction of sp³-hybridized carbons (Fsp3) is 0.250. The zero-order valence-corrected chi connectivity index (χ0v) is 16.7. The van der Waals surface area contributed by atoms with Crippen LogP contribution in [0.15, 0.2) is 39.6 Å². The topological polar surface area (TPSA) is 88.4 Å². The number of hydrogen-bond acceptors (Lipinski definition) is 4. The average Bonchev–Trinajstić information content (AvgIpc) is 2.95. The van der Waals surface area contributed by atoms with Gasteiger partial charge in [0.1, 0.15) is 5.58 Å². The molecule has 142 valence electrons. The number of amides is 1. The van der Waals surface area contributed by atoms with E-state index >= 15 is 0 Å². The normalized spacial score (nSPS) is 11.7. The van der Waals surface area contributed by atoms with Crippen LogP contribution in [0.4, 0.5) is 0 Å². The van der Waals surface area contributed by atoms with E-state index in [0.29, 0.717) is 22.3 Å². The Hall–Kier alpha value is -2.64. The Balaban J connectivity index is 1.90. The molecular weight excluding hydrogens is 364 g/mol. The maximum absolute atomic E-state index is 12.8. The van der Waals surface area contributed by atoms with Gasteiger partial charge >= 0.3 is 5.91 Å². The van der Waals surface area contributed by atoms with Crippen molar-refractivity contribution < 1.29 is 17.6 Å². The third-order valence-electron chi connectivity index (χ3n) is 4.91. The third kappa shape index (κ3) is 3.36. The zero-order chi connectivity index (χ0) is 19.9. The zero-order valence-electron chi connectivity index (χ0n) is 15.9. The summed E-state index contributed by atoms with van der Waals surface area (Å²) in [6.45, 7) is 8.98. The smallest absolute Gasteiger partial charge is 0.302 e. The number of benzene rings is 2. The van der Waals surface area contributed by atoms with E-state index in [9.17, 15) is 13.2 Å². The van der Waals surface area contributed by atoms with Gasteiger partial charge in [-0.2, -0.15) is 0 Å². The molecule has 0 aliphatic carbocycles. The number of sulfonamides is 1. The van der Waals surface area contributed by atoms with E-state index in [2.05, 4.69) is 10.3 Å². The predicted octanol–water partition coefficient (Wildman–Crippen LogP) is 3.60. The summed E-state index contributed by atoms with van der Waals surface area (Å²) >= 11 is 0. The van der Waals surface area contributed by atoms with Crippen LogP contribution in [0, 0.1) is 34.6 Å². The average molecular weight is 386 g/mol. The Labute approximate surface area is 158 Å². The van der Waals surface area contributed by atoms with Gasteiger partial charge in [0.2, 0.25) is 0 Å². The van der Waals surface area contributed by atoms with Gasteiger partial charge in [-0.3, -0.25) is 10.2 Å². The van der Waals surface area contributed by atoms with Crippen molar-refractivity contribution in [3.63, 3.8) is 0 Å². The highest BCUT2D eigenvalue weighted by Crippen LogP contribution is 2.26. The predicted molar refractivity (Wildman–Crippen MR) is 104 cm³/mol. The number of carbonyl (C=O) groups is 1. The quantitative estimate of drug-likeness (QED) is 0.671. The Morgan fingerprint density at radius 3 is 2.11 bits per heavy atom. The molecule has 0 bridgehead atoms. The molecule has 7 heteroatoms. The van der Waals surface area contributed by atoms with Crippen LogP contribution in [-0.2, 0) is 10.0 Å². The molecule has 0 unspecified atom stereocenters. The van der Waals surface area contributed by atoms with Gasteiger partial charge in [0.15, 0.2) is 5.76 Å². The summed E-state index contributed by atoms with van der Waals surface area (Å²) in [5.41, 5.74) is 6.54. The third-order valence-corrected chi connectivity index (χ3v) is 6.44. The summed E-state index contributed by atoms with van der Waals surface area (Å²) in [6, 6.07) is 9.20. The van der Waals surface area contributed by atoms with Gasteiger partial charge in [-0.1, -0.05) is 24.3 Å². The lowest BCUT2D eigenvalue weighted by molar-refractivity contribution is 0.0918. The molecule has 0 saturated heterocycles. The van der Waals surface area contributed by atoms with Crippen LogP contribution in [0.25, 0.3) is 11.0 Å². The van der Waals surface area contributed by atoms with Gasteiger partial charge in [0.05, 0.1) is 4.90 Å². The van der Waals surface area contributed by atoms with Crippen LogP contribution < -0.4 is 10.3 Å². The van der Waals surface area contributed by atoms with E-state index in [1.807, 2.05) is 32.0 Å². The molecule has 0 saturated carbocycles. The Bertz CT molecular complexity index is 1130. The maximum Gasteiger partial charge on any atom is 0.302 e. The van der Waals surface area contributed by atoms with E-state index in [0.717, 1.165) is 16.5 Å². The van der Waals surface area contributed by atoms with E-state index < -0.39 is 15.9 Å². The highest BCUT2D eigenvalue weighted by molar-refractivity contribution is 7.89. The van der Waals surface area contributed by atoms with Crippen LogP contribution in [-0.4, -0.2) is 14.3 Å². The van der Waals surface area contributed by atoms with Crippen LogP contribution in [0.1, 0.15) is 38.4 Å². The lowest BCUT2D eigenvalue weighted by Crippen LogP contribution is -2.42. The largest absolute Gasteiger partial charge is 0.451 e. The molecule has 0 spiro atoms. The maximum atomic E-state index is 12.8. The van der Waals surface area contributed by atoms with Gasteiger partial charge in [-0.25, -0.2) is 8.42 Å². The van der Waals surface area contributed by atoms with E-state index in [1.54, 1.807) is 32.9 Å². The molecule has 2 N–H and O–H groups in total. The number of hydrogen-bond donors (Lipinski definition) is 2. The molecular formula is C20H22N2O4S. The number of carbonyl (C=O) groups excluding carboxylic acids is 1. The van der Waals surface area contributed by atoms with Crippen molar-refractivity contribution in [1.82, 2.24) is 10.3 Å². The Kier molecular flexibility index (Phi) is 4.84. The first kappa shape index (κ1) is 19.1. The van der Waals surface area contributed by atoms with Crippen molar-refractivity contribution in [3.8, 4) is 0 Å². The minimum Gasteiger partial charge on any atom is -0.451 e. The number of fused-ring (bicyclic) bond motifs is 1. The molecule has 0 fully saturated rings.